The number of amides is 4. The van der Waals surface area contributed by atoms with Crippen molar-refractivity contribution in [1.29, 1.82) is 0 Å². The molecule has 1 heterocycles. The number of aromatic nitrogens is 1. The Morgan fingerprint density at radius 1 is 0.745 bits per heavy atom. The first-order valence-electron chi connectivity index (χ1n) is 17.3. The molecule has 4 amide bonds. The fourth-order valence-electron chi connectivity index (χ4n) is 5.46. The normalized spacial score (nSPS) is 14.6. The number of ether oxygens (including phenoxy) is 2. The lowest BCUT2D eigenvalue weighted by atomic mass is 9.96. The summed E-state index contributed by atoms with van der Waals surface area (Å²) in [6, 6.07) is 20.1. The topological polar surface area (TPSA) is 171 Å². The van der Waals surface area contributed by atoms with E-state index in [9.17, 15) is 24.3 Å². The van der Waals surface area contributed by atoms with Crippen LogP contribution in [0.5, 0.6) is 0 Å². The highest BCUT2D eigenvalue weighted by atomic mass is 16.5. The number of aliphatic hydroxyl groups excluding tert-OH is 1. The SMILES string of the molecule is CC[C@H](C)[C@H](NC(=O)OC)C(=O)N[C@@H](Cc1ccccc1)[C@@H](O)CN(Cc1ccc(-c2ccccn2)cc1)NC(=O)[C@@H](NC(=O)OC)[C@@H](C)CC. The molecule has 13 heteroatoms. The third-order valence-electron chi connectivity index (χ3n) is 8.96. The number of nitrogens with one attached hydrogen (secondary N) is 4. The smallest absolute Gasteiger partial charge is 0.407 e. The Kier molecular flexibility index (Phi) is 16.3. The Balaban J connectivity index is 1.94. The zero-order valence-corrected chi connectivity index (χ0v) is 30.3. The van der Waals surface area contributed by atoms with Gasteiger partial charge in [-0.15, -0.1) is 0 Å². The van der Waals surface area contributed by atoms with Crippen LogP contribution in [-0.2, 0) is 32.0 Å². The maximum atomic E-state index is 13.7. The largest absolute Gasteiger partial charge is 0.453 e. The van der Waals surface area contributed by atoms with Crippen LogP contribution in [0.2, 0.25) is 0 Å². The van der Waals surface area contributed by atoms with E-state index in [1.54, 1.807) is 11.2 Å². The molecule has 5 N–H and O–H groups in total. The molecule has 2 aromatic carbocycles. The molecule has 51 heavy (non-hydrogen) atoms. The Bertz CT molecular complexity index is 1530. The minimum atomic E-state index is -1.20. The van der Waals surface area contributed by atoms with Crippen LogP contribution in [0.25, 0.3) is 11.3 Å². The summed E-state index contributed by atoms with van der Waals surface area (Å²) in [5.41, 5.74) is 6.32. The van der Waals surface area contributed by atoms with Gasteiger partial charge >= 0.3 is 12.2 Å². The van der Waals surface area contributed by atoms with E-state index in [4.69, 9.17) is 9.47 Å². The number of hydrogen-bond acceptors (Lipinski definition) is 9. The molecule has 1 aromatic heterocycles. The van der Waals surface area contributed by atoms with Gasteiger partial charge in [-0.1, -0.05) is 101 Å². The van der Waals surface area contributed by atoms with Crippen molar-refractivity contribution in [2.75, 3.05) is 20.8 Å². The maximum absolute atomic E-state index is 13.7. The van der Waals surface area contributed by atoms with Gasteiger partial charge in [-0.05, 0) is 41.5 Å². The minimum Gasteiger partial charge on any atom is -0.453 e. The number of benzene rings is 2. The number of alkyl carbamates (subject to hydrolysis) is 2. The molecule has 6 atom stereocenters. The van der Waals surface area contributed by atoms with Gasteiger partial charge in [-0.25, -0.2) is 14.6 Å². The first-order valence-corrected chi connectivity index (χ1v) is 17.3. The fraction of sp³-hybridized carbons (Fsp3) is 0.447. The van der Waals surface area contributed by atoms with Gasteiger partial charge in [0.1, 0.15) is 12.1 Å². The van der Waals surface area contributed by atoms with Gasteiger partial charge in [-0.2, -0.15) is 0 Å². The number of carbonyl (C=O) groups excluding carboxylic acids is 4. The van der Waals surface area contributed by atoms with Gasteiger partial charge < -0.3 is 30.5 Å². The van der Waals surface area contributed by atoms with E-state index in [2.05, 4.69) is 26.4 Å². The monoisotopic (exact) mass is 704 g/mol. The van der Waals surface area contributed by atoms with Gasteiger partial charge in [0, 0.05) is 24.8 Å². The Hall–Kier alpha value is -5.01. The quantitative estimate of drug-likeness (QED) is 0.122. The van der Waals surface area contributed by atoms with Gasteiger partial charge in [0.2, 0.25) is 5.91 Å². The zero-order valence-electron chi connectivity index (χ0n) is 30.3. The van der Waals surface area contributed by atoms with Crippen LogP contribution in [0, 0.1) is 11.8 Å². The average Bonchev–Trinajstić information content (AvgIpc) is 3.15. The summed E-state index contributed by atoms with van der Waals surface area (Å²) < 4.78 is 9.54. The highest BCUT2D eigenvalue weighted by molar-refractivity contribution is 5.86. The summed E-state index contributed by atoms with van der Waals surface area (Å²) in [6.45, 7) is 7.59. The molecule has 0 aliphatic carbocycles. The van der Waals surface area contributed by atoms with E-state index in [0.29, 0.717) is 12.8 Å². The van der Waals surface area contributed by atoms with Crippen molar-refractivity contribution in [1.82, 2.24) is 31.4 Å². The minimum absolute atomic E-state index is 0.102. The van der Waals surface area contributed by atoms with Crippen molar-refractivity contribution in [3.63, 3.8) is 0 Å². The fourth-order valence-corrected chi connectivity index (χ4v) is 5.46. The number of methoxy groups -OCH3 is 2. The predicted molar refractivity (Wildman–Crippen MR) is 194 cm³/mol. The van der Waals surface area contributed by atoms with E-state index in [0.717, 1.165) is 22.4 Å². The van der Waals surface area contributed by atoms with Crippen molar-refractivity contribution in [3.8, 4) is 11.3 Å². The summed E-state index contributed by atoms with van der Waals surface area (Å²) >= 11 is 0. The van der Waals surface area contributed by atoms with Gasteiger partial charge in [0.05, 0.1) is 32.1 Å². The Morgan fingerprint density at radius 2 is 1.31 bits per heavy atom. The second kappa shape index (κ2) is 20.6. The maximum Gasteiger partial charge on any atom is 0.407 e. The van der Waals surface area contributed by atoms with Crippen LogP contribution in [0.4, 0.5) is 9.59 Å². The molecule has 13 nitrogen and oxygen atoms in total. The number of aliphatic hydroxyl groups is 1. The van der Waals surface area contributed by atoms with Crippen LogP contribution < -0.4 is 21.4 Å². The highest BCUT2D eigenvalue weighted by Crippen LogP contribution is 2.19. The van der Waals surface area contributed by atoms with E-state index in [1.807, 2.05) is 100 Å². The molecule has 276 valence electrons. The van der Waals surface area contributed by atoms with Crippen LogP contribution in [-0.4, -0.2) is 84.1 Å². The molecular formula is C38H52N6O7. The predicted octanol–water partition coefficient (Wildman–Crippen LogP) is 4.21. The number of nitrogens with zero attached hydrogens (tertiary/aromatic N) is 2. The lowest BCUT2D eigenvalue weighted by Gasteiger charge is -2.33. The first-order chi connectivity index (χ1) is 24.5. The van der Waals surface area contributed by atoms with E-state index < -0.39 is 48.2 Å². The van der Waals surface area contributed by atoms with E-state index >= 15 is 0 Å². The number of hydrogen-bond donors (Lipinski definition) is 5. The van der Waals surface area contributed by atoms with Crippen molar-refractivity contribution in [2.24, 2.45) is 11.8 Å². The molecule has 0 spiro atoms. The molecule has 0 radical (unpaired) electrons. The zero-order chi connectivity index (χ0) is 37.3. The van der Waals surface area contributed by atoms with Crippen LogP contribution >= 0.6 is 0 Å². The van der Waals surface area contributed by atoms with Crippen LogP contribution in [0.3, 0.4) is 0 Å². The lowest BCUT2D eigenvalue weighted by Crippen LogP contribution is -2.59. The summed E-state index contributed by atoms with van der Waals surface area (Å²) in [7, 11) is 2.45. The Morgan fingerprint density at radius 3 is 1.84 bits per heavy atom. The van der Waals surface area contributed by atoms with Crippen LogP contribution in [0.15, 0.2) is 79.0 Å². The molecule has 0 unspecified atom stereocenters. The summed E-state index contributed by atoms with van der Waals surface area (Å²) in [4.78, 5) is 56.2. The standard InChI is InChI=1S/C38H52N6O7/c1-7-25(3)33(41-37(48)50-5)35(46)40-31(22-27-14-10-9-11-15-27)32(45)24-44(43-36(47)34(26(4)8-2)42-38(49)51-6)23-28-17-19-29(20-18-28)30-16-12-13-21-39-30/h9-21,25-26,31-34,45H,7-8,22-24H2,1-6H3,(H,40,46)(H,41,48)(H,42,49)(H,43,47)/t25-,26-,31-,32-,33-,34-/m0/s1. The second-order valence-corrected chi connectivity index (χ2v) is 12.6. The second-order valence-electron chi connectivity index (χ2n) is 12.6. The summed E-state index contributed by atoms with van der Waals surface area (Å²) in [5.74, 6) is -1.44. The number of rotatable bonds is 18. The summed E-state index contributed by atoms with van der Waals surface area (Å²) in [5, 5.41) is 21.6. The third-order valence-corrected chi connectivity index (χ3v) is 8.96. The molecular weight excluding hydrogens is 652 g/mol. The Labute approximate surface area is 300 Å². The van der Waals surface area contributed by atoms with E-state index in [1.165, 1.54) is 14.2 Å². The number of hydrazine groups is 1. The van der Waals surface area contributed by atoms with Crippen LogP contribution in [0.1, 0.15) is 51.7 Å². The average molecular weight is 705 g/mol. The van der Waals surface area contributed by atoms with E-state index in [-0.39, 0.29) is 31.3 Å². The molecule has 3 rings (SSSR count). The molecule has 0 saturated carbocycles. The number of carbonyl (C=O) groups is 4. The lowest BCUT2D eigenvalue weighted by molar-refractivity contribution is -0.131. The third kappa shape index (κ3) is 12.7. The van der Waals surface area contributed by atoms with Crippen molar-refractivity contribution < 1.29 is 33.8 Å². The van der Waals surface area contributed by atoms with Crippen molar-refractivity contribution >= 4 is 24.0 Å². The highest BCUT2D eigenvalue weighted by Gasteiger charge is 2.33. The molecule has 0 aliphatic rings. The molecule has 0 aliphatic heterocycles. The molecule has 0 saturated heterocycles. The molecule has 3 aromatic rings. The molecule has 0 fully saturated rings. The van der Waals surface area contributed by atoms with Crippen molar-refractivity contribution in [2.45, 2.75) is 77.7 Å². The first kappa shape index (κ1) is 40.4. The van der Waals surface area contributed by atoms with Crippen molar-refractivity contribution in [3.05, 3.63) is 90.1 Å². The summed E-state index contributed by atoms with van der Waals surface area (Å²) in [6.07, 6.45) is 0.502. The van der Waals surface area contributed by atoms with Gasteiger partial charge in [0.25, 0.3) is 5.91 Å². The van der Waals surface area contributed by atoms with Gasteiger partial charge in [0.15, 0.2) is 0 Å². The molecule has 0 bridgehead atoms. The number of pyridine rings is 1. The van der Waals surface area contributed by atoms with Gasteiger partial charge in [-0.3, -0.25) is 20.0 Å².